The molecule has 0 saturated heterocycles. The number of nitrogens with one attached hydrogen (secondary N) is 1. The SMILES string of the molecule is CCC[C@@H](NC(=O)C(N)c1cccs1)C(=O)O. The first kappa shape index (κ1) is 13.7. The first-order chi connectivity index (χ1) is 8.06. The van der Waals surface area contributed by atoms with Crippen molar-refractivity contribution in [1.82, 2.24) is 5.32 Å². The molecule has 2 atom stereocenters. The quantitative estimate of drug-likeness (QED) is 0.711. The van der Waals surface area contributed by atoms with E-state index in [0.29, 0.717) is 12.8 Å². The summed E-state index contributed by atoms with van der Waals surface area (Å²) in [6.07, 6.45) is 1.09. The van der Waals surface area contributed by atoms with Gasteiger partial charge in [0.15, 0.2) is 0 Å². The number of hydrogen-bond acceptors (Lipinski definition) is 4. The predicted molar refractivity (Wildman–Crippen MR) is 65.7 cm³/mol. The van der Waals surface area contributed by atoms with E-state index in [0.717, 1.165) is 4.88 Å². The highest BCUT2D eigenvalue weighted by Crippen LogP contribution is 2.17. The molecular formula is C11H16N2O3S. The van der Waals surface area contributed by atoms with Crippen LogP contribution >= 0.6 is 11.3 Å². The fraction of sp³-hybridized carbons (Fsp3) is 0.455. The molecule has 94 valence electrons. The smallest absolute Gasteiger partial charge is 0.326 e. The van der Waals surface area contributed by atoms with E-state index in [1.807, 2.05) is 12.3 Å². The number of carboxylic acids is 1. The minimum atomic E-state index is -1.03. The normalized spacial score (nSPS) is 14.0. The number of carbonyl (C=O) groups excluding carboxylic acids is 1. The van der Waals surface area contributed by atoms with E-state index in [1.165, 1.54) is 11.3 Å². The van der Waals surface area contributed by atoms with Gasteiger partial charge in [-0.2, -0.15) is 0 Å². The topological polar surface area (TPSA) is 92.4 Å². The van der Waals surface area contributed by atoms with Gasteiger partial charge in [-0.15, -0.1) is 11.3 Å². The molecule has 0 fully saturated rings. The number of carboxylic acid groups (broad SMARTS) is 1. The molecule has 4 N–H and O–H groups in total. The van der Waals surface area contributed by atoms with E-state index in [4.69, 9.17) is 10.8 Å². The van der Waals surface area contributed by atoms with Crippen molar-refractivity contribution in [2.24, 2.45) is 5.73 Å². The van der Waals surface area contributed by atoms with Crippen molar-refractivity contribution in [3.8, 4) is 0 Å². The molecule has 1 unspecified atom stereocenters. The van der Waals surface area contributed by atoms with Gasteiger partial charge in [0.2, 0.25) is 5.91 Å². The van der Waals surface area contributed by atoms with Crippen LogP contribution in [-0.2, 0) is 9.59 Å². The van der Waals surface area contributed by atoms with E-state index in [9.17, 15) is 9.59 Å². The van der Waals surface area contributed by atoms with Crippen LogP contribution in [0.4, 0.5) is 0 Å². The second kappa shape index (κ2) is 6.36. The Kier molecular flexibility index (Phi) is 5.11. The molecule has 0 bridgehead atoms. The van der Waals surface area contributed by atoms with Crippen LogP contribution in [0.1, 0.15) is 30.7 Å². The summed E-state index contributed by atoms with van der Waals surface area (Å²) in [6.45, 7) is 1.86. The average Bonchev–Trinajstić information content (AvgIpc) is 2.80. The van der Waals surface area contributed by atoms with Crippen LogP contribution in [-0.4, -0.2) is 23.0 Å². The molecule has 0 spiro atoms. The summed E-state index contributed by atoms with van der Waals surface area (Å²) in [7, 11) is 0. The Bertz CT molecular complexity index is 378. The maximum Gasteiger partial charge on any atom is 0.326 e. The lowest BCUT2D eigenvalue weighted by molar-refractivity contribution is -0.142. The van der Waals surface area contributed by atoms with Crippen molar-refractivity contribution in [3.63, 3.8) is 0 Å². The van der Waals surface area contributed by atoms with E-state index in [2.05, 4.69) is 5.32 Å². The monoisotopic (exact) mass is 256 g/mol. The number of aliphatic carboxylic acids is 1. The molecule has 0 saturated carbocycles. The van der Waals surface area contributed by atoms with Crippen LogP contribution in [0.5, 0.6) is 0 Å². The number of nitrogens with two attached hydrogens (primary N) is 1. The number of thiophene rings is 1. The Morgan fingerprint density at radius 2 is 2.29 bits per heavy atom. The molecule has 1 heterocycles. The molecule has 6 heteroatoms. The summed E-state index contributed by atoms with van der Waals surface area (Å²) in [4.78, 5) is 23.3. The standard InChI is InChI=1S/C11H16N2O3S/c1-2-4-7(11(15)16)13-10(14)9(12)8-5-3-6-17-8/h3,5-7,9H,2,4,12H2,1H3,(H,13,14)(H,15,16)/t7-,9?/m1/s1. The van der Waals surface area contributed by atoms with Crippen LogP contribution in [0.25, 0.3) is 0 Å². The molecule has 1 aromatic heterocycles. The lowest BCUT2D eigenvalue weighted by atomic mass is 10.1. The number of rotatable bonds is 6. The molecule has 0 aliphatic heterocycles. The molecule has 17 heavy (non-hydrogen) atoms. The second-order valence-corrected chi connectivity index (χ2v) is 4.66. The summed E-state index contributed by atoms with van der Waals surface area (Å²) < 4.78 is 0. The van der Waals surface area contributed by atoms with E-state index < -0.39 is 24.0 Å². The first-order valence-electron chi connectivity index (χ1n) is 5.38. The molecule has 0 aliphatic carbocycles. The van der Waals surface area contributed by atoms with Gasteiger partial charge in [-0.1, -0.05) is 19.4 Å². The molecule has 0 radical (unpaired) electrons. The molecule has 1 amide bonds. The van der Waals surface area contributed by atoms with Gasteiger partial charge in [0.1, 0.15) is 12.1 Å². The van der Waals surface area contributed by atoms with Gasteiger partial charge in [-0.05, 0) is 17.9 Å². The van der Waals surface area contributed by atoms with Crippen molar-refractivity contribution >= 4 is 23.2 Å². The predicted octanol–water partition coefficient (Wildman–Crippen LogP) is 1.12. The number of hydrogen-bond donors (Lipinski definition) is 3. The summed E-state index contributed by atoms with van der Waals surface area (Å²) >= 11 is 1.37. The first-order valence-corrected chi connectivity index (χ1v) is 6.26. The maximum absolute atomic E-state index is 11.7. The largest absolute Gasteiger partial charge is 0.480 e. The van der Waals surface area contributed by atoms with E-state index in [-0.39, 0.29) is 0 Å². The van der Waals surface area contributed by atoms with Crippen LogP contribution in [0.2, 0.25) is 0 Å². The van der Waals surface area contributed by atoms with Crippen molar-refractivity contribution in [2.45, 2.75) is 31.8 Å². The van der Waals surface area contributed by atoms with E-state index >= 15 is 0 Å². The average molecular weight is 256 g/mol. The zero-order valence-electron chi connectivity index (χ0n) is 9.55. The molecule has 0 aromatic carbocycles. The minimum absolute atomic E-state index is 0.401. The van der Waals surface area contributed by atoms with Crippen LogP contribution < -0.4 is 11.1 Å². The Balaban J connectivity index is 2.61. The van der Waals surface area contributed by atoms with Gasteiger partial charge in [0.25, 0.3) is 0 Å². The van der Waals surface area contributed by atoms with E-state index in [1.54, 1.807) is 12.1 Å². The lowest BCUT2D eigenvalue weighted by Gasteiger charge is -2.16. The minimum Gasteiger partial charge on any atom is -0.480 e. The molecule has 1 rings (SSSR count). The van der Waals surface area contributed by atoms with Gasteiger partial charge in [-0.25, -0.2) is 4.79 Å². The van der Waals surface area contributed by atoms with Gasteiger partial charge >= 0.3 is 5.97 Å². The van der Waals surface area contributed by atoms with Gasteiger partial charge in [0.05, 0.1) is 0 Å². The van der Waals surface area contributed by atoms with Gasteiger partial charge in [-0.3, -0.25) is 4.79 Å². The van der Waals surface area contributed by atoms with Gasteiger partial charge in [0, 0.05) is 4.88 Å². The Labute approximate surface area is 104 Å². The van der Waals surface area contributed by atoms with Crippen LogP contribution in [0, 0.1) is 0 Å². The molecular weight excluding hydrogens is 240 g/mol. The number of amides is 1. The zero-order chi connectivity index (χ0) is 12.8. The van der Waals surface area contributed by atoms with Crippen molar-refractivity contribution in [2.75, 3.05) is 0 Å². The Morgan fingerprint density at radius 1 is 1.59 bits per heavy atom. The van der Waals surface area contributed by atoms with Crippen LogP contribution in [0.15, 0.2) is 17.5 Å². The molecule has 1 aromatic rings. The summed E-state index contributed by atoms with van der Waals surface area (Å²) in [6, 6.07) is 1.89. The zero-order valence-corrected chi connectivity index (χ0v) is 10.4. The number of carbonyl (C=O) groups is 2. The highest BCUT2D eigenvalue weighted by atomic mass is 32.1. The fourth-order valence-electron chi connectivity index (χ4n) is 1.40. The third-order valence-electron chi connectivity index (χ3n) is 2.32. The van der Waals surface area contributed by atoms with Gasteiger partial charge < -0.3 is 16.2 Å². The summed E-state index contributed by atoms with van der Waals surface area (Å²) in [5.41, 5.74) is 5.73. The summed E-state index contributed by atoms with van der Waals surface area (Å²) in [5.74, 6) is -1.48. The fourth-order valence-corrected chi connectivity index (χ4v) is 2.13. The lowest BCUT2D eigenvalue weighted by Crippen LogP contribution is -2.44. The summed E-state index contributed by atoms with van der Waals surface area (Å²) in [5, 5.41) is 13.2. The second-order valence-electron chi connectivity index (χ2n) is 3.68. The maximum atomic E-state index is 11.7. The molecule has 0 aliphatic rings. The Hall–Kier alpha value is -1.40. The highest BCUT2D eigenvalue weighted by molar-refractivity contribution is 7.10. The van der Waals surface area contributed by atoms with Crippen LogP contribution in [0.3, 0.4) is 0 Å². The van der Waals surface area contributed by atoms with Crippen molar-refractivity contribution in [1.29, 1.82) is 0 Å². The third-order valence-corrected chi connectivity index (χ3v) is 3.28. The molecule has 5 nitrogen and oxygen atoms in total. The van der Waals surface area contributed by atoms with Crippen molar-refractivity contribution < 1.29 is 14.7 Å². The van der Waals surface area contributed by atoms with Crippen molar-refractivity contribution in [3.05, 3.63) is 22.4 Å². The highest BCUT2D eigenvalue weighted by Gasteiger charge is 2.23. The third kappa shape index (κ3) is 3.83. The Morgan fingerprint density at radius 3 is 2.76 bits per heavy atom.